The Kier molecular flexibility index (Phi) is 6.55. The molecule has 1 fully saturated rings. The lowest BCUT2D eigenvalue weighted by atomic mass is 10.1. The van der Waals surface area contributed by atoms with E-state index in [1.165, 1.54) is 25.3 Å². The van der Waals surface area contributed by atoms with Crippen LogP contribution in [0.15, 0.2) is 53.0 Å². The van der Waals surface area contributed by atoms with Crippen LogP contribution in [0.1, 0.15) is 25.0 Å². The molecule has 0 aliphatic carbocycles. The zero-order valence-electron chi connectivity index (χ0n) is 17.1. The van der Waals surface area contributed by atoms with E-state index >= 15 is 0 Å². The monoisotopic (exact) mass is 507 g/mol. The van der Waals surface area contributed by atoms with Crippen molar-refractivity contribution in [2.75, 3.05) is 29.9 Å². The number of fused-ring (bicyclic) bond motifs is 1. The van der Waals surface area contributed by atoms with Gasteiger partial charge in [0.05, 0.1) is 5.52 Å². The van der Waals surface area contributed by atoms with Gasteiger partial charge in [0.1, 0.15) is 11.4 Å². The first-order valence-electron chi connectivity index (χ1n) is 10.2. The second-order valence-electron chi connectivity index (χ2n) is 7.60. The second kappa shape index (κ2) is 9.36. The van der Waals surface area contributed by atoms with Gasteiger partial charge < -0.3 is 15.0 Å². The number of alkyl halides is 3. The molecule has 32 heavy (non-hydrogen) atoms. The first kappa shape index (κ1) is 22.4. The summed E-state index contributed by atoms with van der Waals surface area (Å²) in [5.74, 6) is -0.525. The van der Waals surface area contributed by atoms with Crippen LogP contribution in [0, 0.1) is 0 Å². The molecule has 1 aliphatic heterocycles. The van der Waals surface area contributed by atoms with Crippen LogP contribution in [-0.2, 0) is 11.0 Å². The summed E-state index contributed by atoms with van der Waals surface area (Å²) >= 11 is 3.30. The van der Waals surface area contributed by atoms with Crippen LogP contribution in [0.5, 0.6) is 5.75 Å². The molecule has 2 aromatic carbocycles. The third-order valence-corrected chi connectivity index (χ3v) is 5.75. The van der Waals surface area contributed by atoms with Crippen LogP contribution < -0.4 is 15.0 Å². The van der Waals surface area contributed by atoms with E-state index in [0.717, 1.165) is 24.8 Å². The van der Waals surface area contributed by atoms with Gasteiger partial charge in [0.15, 0.2) is 6.61 Å². The summed E-state index contributed by atoms with van der Waals surface area (Å²) in [5.41, 5.74) is 0.757. The third-order valence-electron chi connectivity index (χ3n) is 5.25. The number of hydrogen-bond acceptors (Lipinski definition) is 4. The molecule has 1 amide bonds. The Bertz CT molecular complexity index is 1110. The Labute approximate surface area is 191 Å². The minimum atomic E-state index is -4.63. The molecule has 0 unspecified atom stereocenters. The number of carbonyl (C=O) groups is 1. The highest BCUT2D eigenvalue weighted by Crippen LogP contribution is 2.35. The van der Waals surface area contributed by atoms with Gasteiger partial charge in [-0.25, -0.2) is 4.98 Å². The van der Waals surface area contributed by atoms with Crippen molar-refractivity contribution in [2.24, 2.45) is 0 Å². The van der Waals surface area contributed by atoms with Gasteiger partial charge in [-0.15, -0.1) is 0 Å². The van der Waals surface area contributed by atoms with Crippen LogP contribution in [-0.4, -0.2) is 30.6 Å². The lowest BCUT2D eigenvalue weighted by Crippen LogP contribution is -2.29. The summed E-state index contributed by atoms with van der Waals surface area (Å²) in [4.78, 5) is 18.3. The fraction of sp³-hybridized carbons (Fsp3) is 0.304. The first-order chi connectivity index (χ1) is 15.3. The number of rotatable bonds is 5. The summed E-state index contributed by atoms with van der Waals surface area (Å²) in [7, 11) is 0. The van der Waals surface area contributed by atoms with E-state index in [2.05, 4.69) is 31.1 Å². The van der Waals surface area contributed by atoms with E-state index in [4.69, 9.17) is 4.74 Å². The SMILES string of the molecule is O=C(COc1cc(C(F)(F)F)nc2ccc(Br)cc12)Nc1ccc(N2CCCCC2)cc1. The van der Waals surface area contributed by atoms with Crippen LogP contribution in [0.3, 0.4) is 0 Å². The number of nitrogens with one attached hydrogen (secondary N) is 1. The molecule has 0 spiro atoms. The van der Waals surface area contributed by atoms with Crippen LogP contribution >= 0.6 is 15.9 Å². The standard InChI is InChI=1S/C23H21BrF3N3O2/c24-15-4-9-19-18(12-15)20(13-21(29-19)23(25,26)27)32-14-22(31)28-16-5-7-17(8-6-16)30-10-2-1-3-11-30/h4-9,12-13H,1-3,10-11,14H2,(H,28,31). The Morgan fingerprint density at radius 3 is 2.47 bits per heavy atom. The topological polar surface area (TPSA) is 54.5 Å². The highest BCUT2D eigenvalue weighted by atomic mass is 79.9. The predicted molar refractivity (Wildman–Crippen MR) is 121 cm³/mol. The predicted octanol–water partition coefficient (Wildman–Crippen LogP) is 6.02. The number of carbonyl (C=O) groups excluding carboxylic acids is 1. The summed E-state index contributed by atoms with van der Waals surface area (Å²) < 4.78 is 45.8. The Morgan fingerprint density at radius 1 is 1.06 bits per heavy atom. The number of benzene rings is 2. The van der Waals surface area contributed by atoms with E-state index in [1.807, 2.05) is 24.3 Å². The van der Waals surface area contributed by atoms with E-state index in [-0.39, 0.29) is 11.3 Å². The van der Waals surface area contributed by atoms with Gasteiger partial charge in [0.25, 0.3) is 5.91 Å². The lowest BCUT2D eigenvalue weighted by Gasteiger charge is -2.28. The Hall–Kier alpha value is -2.81. The van der Waals surface area contributed by atoms with Gasteiger partial charge in [-0.05, 0) is 61.7 Å². The molecule has 4 rings (SSSR count). The van der Waals surface area contributed by atoms with Gasteiger partial charge in [-0.2, -0.15) is 13.2 Å². The molecular formula is C23H21BrF3N3O2. The highest BCUT2D eigenvalue weighted by Gasteiger charge is 2.33. The fourth-order valence-electron chi connectivity index (χ4n) is 3.68. The van der Waals surface area contributed by atoms with Gasteiger partial charge in [0, 0.05) is 40.4 Å². The van der Waals surface area contributed by atoms with Crippen molar-refractivity contribution < 1.29 is 22.7 Å². The van der Waals surface area contributed by atoms with E-state index in [0.29, 0.717) is 15.5 Å². The highest BCUT2D eigenvalue weighted by molar-refractivity contribution is 9.10. The average Bonchev–Trinajstić information content (AvgIpc) is 2.78. The first-order valence-corrected chi connectivity index (χ1v) is 11.0. The van der Waals surface area contributed by atoms with Crippen molar-refractivity contribution in [2.45, 2.75) is 25.4 Å². The third kappa shape index (κ3) is 5.32. The minimum Gasteiger partial charge on any atom is -0.483 e. The molecule has 1 N–H and O–H groups in total. The van der Waals surface area contributed by atoms with E-state index in [9.17, 15) is 18.0 Å². The minimum absolute atomic E-state index is 0.0563. The number of ether oxygens (including phenoxy) is 1. The Balaban J connectivity index is 1.45. The number of amides is 1. The van der Waals surface area contributed by atoms with Gasteiger partial charge in [-0.1, -0.05) is 15.9 Å². The number of hydrogen-bond donors (Lipinski definition) is 1. The van der Waals surface area contributed by atoms with Crippen molar-refractivity contribution in [1.29, 1.82) is 0 Å². The maximum atomic E-state index is 13.2. The number of anilines is 2. The van der Waals surface area contributed by atoms with Crippen molar-refractivity contribution in [3.05, 3.63) is 58.7 Å². The molecular weight excluding hydrogens is 487 g/mol. The molecule has 3 aromatic rings. The largest absolute Gasteiger partial charge is 0.483 e. The van der Waals surface area contributed by atoms with Gasteiger partial charge in [-0.3, -0.25) is 4.79 Å². The molecule has 0 saturated carbocycles. The molecule has 0 radical (unpaired) electrons. The zero-order chi connectivity index (χ0) is 22.7. The molecule has 1 saturated heterocycles. The molecule has 5 nitrogen and oxygen atoms in total. The molecule has 2 heterocycles. The van der Waals surface area contributed by atoms with E-state index < -0.39 is 24.4 Å². The molecule has 168 valence electrons. The molecule has 9 heteroatoms. The van der Waals surface area contributed by atoms with E-state index in [1.54, 1.807) is 12.1 Å². The summed E-state index contributed by atoms with van der Waals surface area (Å²) in [6.45, 7) is 1.61. The summed E-state index contributed by atoms with van der Waals surface area (Å²) in [6, 6.07) is 13.0. The van der Waals surface area contributed by atoms with Crippen LogP contribution in [0.25, 0.3) is 10.9 Å². The van der Waals surface area contributed by atoms with Gasteiger partial charge in [0.2, 0.25) is 0 Å². The molecule has 1 aromatic heterocycles. The molecule has 1 aliphatic rings. The number of nitrogens with zero attached hydrogens (tertiary/aromatic N) is 2. The Morgan fingerprint density at radius 2 is 1.78 bits per heavy atom. The smallest absolute Gasteiger partial charge is 0.433 e. The second-order valence-corrected chi connectivity index (χ2v) is 8.51. The van der Waals surface area contributed by atoms with Crippen LogP contribution in [0.4, 0.5) is 24.5 Å². The normalized spacial score (nSPS) is 14.4. The van der Waals surface area contributed by atoms with Gasteiger partial charge >= 0.3 is 6.18 Å². The quantitative estimate of drug-likeness (QED) is 0.458. The van der Waals surface area contributed by atoms with Crippen molar-refractivity contribution in [3.8, 4) is 5.75 Å². The maximum absolute atomic E-state index is 13.2. The average molecular weight is 508 g/mol. The number of pyridine rings is 1. The number of piperidine rings is 1. The fourth-order valence-corrected chi connectivity index (χ4v) is 4.04. The summed E-state index contributed by atoms with van der Waals surface area (Å²) in [5, 5.41) is 3.10. The molecule has 0 atom stereocenters. The number of halogens is 4. The number of aromatic nitrogens is 1. The maximum Gasteiger partial charge on any atom is 0.433 e. The van der Waals surface area contributed by atoms with Crippen molar-refractivity contribution >= 4 is 44.1 Å². The zero-order valence-corrected chi connectivity index (χ0v) is 18.7. The lowest BCUT2D eigenvalue weighted by molar-refractivity contribution is -0.141. The molecule has 0 bridgehead atoms. The van der Waals surface area contributed by atoms with Crippen molar-refractivity contribution in [1.82, 2.24) is 4.98 Å². The summed E-state index contributed by atoms with van der Waals surface area (Å²) in [6.07, 6.45) is -1.03. The van der Waals surface area contributed by atoms with Crippen molar-refractivity contribution in [3.63, 3.8) is 0 Å². The van der Waals surface area contributed by atoms with Crippen LogP contribution in [0.2, 0.25) is 0 Å².